The third-order valence-electron chi connectivity index (χ3n) is 7.62. The molecule has 6 aromatic rings. The van der Waals surface area contributed by atoms with E-state index in [1.807, 2.05) is 158 Å². The molecule has 4 nitrogen and oxygen atoms in total. The molecule has 0 saturated heterocycles. The summed E-state index contributed by atoms with van der Waals surface area (Å²) in [4.78, 5) is 0. The predicted molar refractivity (Wildman–Crippen MR) is 175 cm³/mol. The molecule has 0 bridgehead atoms. The van der Waals surface area contributed by atoms with Crippen LogP contribution in [0.2, 0.25) is 0 Å². The van der Waals surface area contributed by atoms with Crippen LogP contribution in [0.3, 0.4) is 0 Å². The van der Waals surface area contributed by atoms with Gasteiger partial charge in [-0.15, -0.1) is 0 Å². The normalized spacial score (nSPS) is 12.4. The van der Waals surface area contributed by atoms with Gasteiger partial charge < -0.3 is 19.2 Å². The zero-order valence-electron chi connectivity index (χ0n) is 22.6. The van der Waals surface area contributed by atoms with Crippen LogP contribution in [0.1, 0.15) is 0 Å². The van der Waals surface area contributed by atoms with Gasteiger partial charge in [-0.1, -0.05) is 133 Å². The highest BCUT2D eigenvalue weighted by Crippen LogP contribution is 2.53. The van der Waals surface area contributed by atoms with E-state index in [1.54, 1.807) is 0 Å². The number of rotatable bonds is 6. The molecule has 1 aliphatic heterocycles. The Morgan fingerprint density at radius 2 is 0.690 bits per heavy atom. The van der Waals surface area contributed by atoms with Gasteiger partial charge in [0.2, 0.25) is 0 Å². The van der Waals surface area contributed by atoms with Gasteiger partial charge in [-0.25, -0.2) is 0 Å². The van der Waals surface area contributed by atoms with Crippen LogP contribution in [-0.2, 0) is 9.13 Å². The molecule has 6 heteroatoms. The Hall–Kier alpha value is -4.62. The number of nitrogens with one attached hydrogen (secondary N) is 1. The molecule has 0 amide bonds. The zero-order chi connectivity index (χ0) is 28.6. The quantitative estimate of drug-likeness (QED) is 0.219. The van der Waals surface area contributed by atoms with Gasteiger partial charge in [-0.3, -0.25) is 0 Å². The van der Waals surface area contributed by atoms with Crippen molar-refractivity contribution in [3.63, 3.8) is 0 Å². The highest BCUT2D eigenvalue weighted by Gasteiger charge is 2.38. The second-order valence-corrected chi connectivity index (χ2v) is 15.6. The molecule has 6 aromatic carbocycles. The van der Waals surface area contributed by atoms with E-state index in [1.165, 1.54) is 0 Å². The lowest BCUT2D eigenvalue weighted by molar-refractivity contribution is 0.487. The molecule has 0 aromatic heterocycles. The maximum atomic E-state index is 15.4. The van der Waals surface area contributed by atoms with Crippen LogP contribution in [0, 0.1) is 0 Å². The lowest BCUT2D eigenvalue weighted by Gasteiger charge is -2.30. The van der Waals surface area contributed by atoms with Crippen LogP contribution in [0.4, 0.5) is 11.4 Å². The Morgan fingerprint density at radius 3 is 1.00 bits per heavy atom. The maximum Gasteiger partial charge on any atom is 0.174 e. The monoisotopic (exact) mass is 583 g/mol. The van der Waals surface area contributed by atoms with Crippen LogP contribution < -0.4 is 41.9 Å². The number of hydrogen-bond acceptors (Lipinski definition) is 4. The predicted octanol–water partition coefficient (Wildman–Crippen LogP) is 6.81. The van der Waals surface area contributed by atoms with Gasteiger partial charge in [0.05, 0.1) is 22.0 Å². The average Bonchev–Trinajstić information content (AvgIpc) is 3.07. The van der Waals surface area contributed by atoms with Gasteiger partial charge in [-0.05, 0) is 24.3 Å². The lowest BCUT2D eigenvalue weighted by atomic mass is 10.2. The van der Waals surface area contributed by atoms with Crippen LogP contribution in [0.25, 0.3) is 0 Å². The van der Waals surface area contributed by atoms with Crippen molar-refractivity contribution in [1.29, 1.82) is 0 Å². The first-order valence-corrected chi connectivity index (χ1v) is 17.2. The minimum atomic E-state index is -3.35. The van der Waals surface area contributed by atoms with Gasteiger partial charge in [0.15, 0.2) is 25.8 Å². The van der Waals surface area contributed by atoms with E-state index in [4.69, 9.17) is 4.74 Å². The summed E-state index contributed by atoms with van der Waals surface area (Å²) in [6, 6.07) is 49.6. The standard InChI is InChI=1S/C36H27NO3P2/c38-41(27-15-5-1-6-16-27,28-17-7-2-8-18-28)33-25-13-23-31-35(33)40-36-32(37-31)24-14-26-34(36)42(39,29-19-9-3-10-20-29)30-21-11-4-12-22-30/h1-26,37H. The van der Waals surface area contributed by atoms with Crippen molar-refractivity contribution in [3.8, 4) is 11.5 Å². The third-order valence-corrected chi connectivity index (χ3v) is 13.8. The molecule has 0 saturated carbocycles. The van der Waals surface area contributed by atoms with Gasteiger partial charge in [-0.2, -0.15) is 0 Å². The third kappa shape index (κ3) is 4.23. The molecule has 1 aliphatic rings. The lowest BCUT2D eigenvalue weighted by Crippen LogP contribution is -2.29. The van der Waals surface area contributed by atoms with E-state index in [0.29, 0.717) is 54.7 Å². The van der Waals surface area contributed by atoms with Crippen molar-refractivity contribution >= 4 is 57.5 Å². The van der Waals surface area contributed by atoms with E-state index in [-0.39, 0.29) is 0 Å². The fraction of sp³-hybridized carbons (Fsp3) is 0. The van der Waals surface area contributed by atoms with Crippen LogP contribution in [0.5, 0.6) is 11.5 Å². The molecule has 0 radical (unpaired) electrons. The fourth-order valence-electron chi connectivity index (χ4n) is 5.61. The minimum absolute atomic E-state index is 0.473. The molecular weight excluding hydrogens is 556 g/mol. The molecule has 1 heterocycles. The van der Waals surface area contributed by atoms with Crippen molar-refractivity contribution in [3.05, 3.63) is 158 Å². The highest BCUT2D eigenvalue weighted by atomic mass is 31.2. The molecule has 204 valence electrons. The molecular formula is C36H27NO3P2. The molecule has 0 aliphatic carbocycles. The second kappa shape index (κ2) is 10.7. The Bertz CT molecular complexity index is 1750. The van der Waals surface area contributed by atoms with E-state index in [0.717, 1.165) is 0 Å². The topological polar surface area (TPSA) is 55.4 Å². The molecule has 7 rings (SSSR count). The van der Waals surface area contributed by atoms with Crippen LogP contribution in [0.15, 0.2) is 158 Å². The number of fused-ring (bicyclic) bond motifs is 2. The molecule has 0 unspecified atom stereocenters. The summed E-state index contributed by atoms with van der Waals surface area (Å²) in [6.45, 7) is 0. The molecule has 42 heavy (non-hydrogen) atoms. The van der Waals surface area contributed by atoms with Gasteiger partial charge in [0.1, 0.15) is 0 Å². The highest BCUT2D eigenvalue weighted by molar-refractivity contribution is 7.86. The number of para-hydroxylation sites is 2. The number of benzene rings is 6. The zero-order valence-corrected chi connectivity index (χ0v) is 24.4. The molecule has 0 atom stereocenters. The maximum absolute atomic E-state index is 15.4. The number of ether oxygens (including phenoxy) is 1. The summed E-state index contributed by atoms with van der Waals surface area (Å²) < 4.78 is 37.5. The molecule has 1 N–H and O–H groups in total. The summed E-state index contributed by atoms with van der Waals surface area (Å²) in [5.74, 6) is 0.947. The second-order valence-electron chi connectivity index (χ2n) is 10.1. The van der Waals surface area contributed by atoms with E-state index >= 15 is 9.13 Å². The van der Waals surface area contributed by atoms with Crippen molar-refractivity contribution in [2.75, 3.05) is 5.32 Å². The van der Waals surface area contributed by atoms with Crippen molar-refractivity contribution < 1.29 is 13.9 Å². The smallest absolute Gasteiger partial charge is 0.174 e. The minimum Gasteiger partial charge on any atom is -0.451 e. The Morgan fingerprint density at radius 1 is 0.381 bits per heavy atom. The summed E-state index contributed by atoms with van der Waals surface area (Å²) in [5, 5.41) is 7.53. The van der Waals surface area contributed by atoms with Crippen molar-refractivity contribution in [2.45, 2.75) is 0 Å². The number of anilines is 2. The largest absolute Gasteiger partial charge is 0.451 e. The van der Waals surface area contributed by atoms with Crippen LogP contribution >= 0.6 is 14.3 Å². The van der Waals surface area contributed by atoms with Crippen LogP contribution in [-0.4, -0.2) is 0 Å². The summed E-state index contributed by atoms with van der Waals surface area (Å²) in [6.07, 6.45) is 0. The van der Waals surface area contributed by atoms with E-state index in [9.17, 15) is 0 Å². The fourth-order valence-corrected chi connectivity index (χ4v) is 11.2. The van der Waals surface area contributed by atoms with Gasteiger partial charge in [0.25, 0.3) is 0 Å². The molecule has 0 fully saturated rings. The first-order valence-electron chi connectivity index (χ1n) is 13.7. The first kappa shape index (κ1) is 26.3. The Kier molecular flexibility index (Phi) is 6.67. The Balaban J connectivity index is 1.45. The summed E-state index contributed by atoms with van der Waals surface area (Å²) >= 11 is 0. The van der Waals surface area contributed by atoms with Crippen molar-refractivity contribution in [2.24, 2.45) is 0 Å². The van der Waals surface area contributed by atoms with Gasteiger partial charge in [0, 0.05) is 21.2 Å². The summed E-state index contributed by atoms with van der Waals surface area (Å²) in [5.41, 5.74) is 1.41. The van der Waals surface area contributed by atoms with E-state index < -0.39 is 14.3 Å². The van der Waals surface area contributed by atoms with E-state index in [2.05, 4.69) is 5.32 Å². The van der Waals surface area contributed by atoms with Crippen molar-refractivity contribution in [1.82, 2.24) is 0 Å². The SMILES string of the molecule is O=P(c1ccccc1)(c1ccccc1)c1cccc2c1Oc1c(cccc1P(=O)(c1ccccc1)c1ccccc1)N2. The first-order chi connectivity index (χ1) is 20.6. The van der Waals surface area contributed by atoms with Gasteiger partial charge >= 0.3 is 0 Å². The molecule has 0 spiro atoms. The number of hydrogen-bond donors (Lipinski definition) is 1. The Labute approximate surface area is 245 Å². The summed E-state index contributed by atoms with van der Waals surface area (Å²) in [7, 11) is -6.71. The average molecular weight is 584 g/mol.